The number of nitro benzene ring substituents is 1. The summed E-state index contributed by atoms with van der Waals surface area (Å²) in [4.78, 5) is 22.0. The predicted octanol–water partition coefficient (Wildman–Crippen LogP) is 2.17. The Balaban J connectivity index is 1.93. The number of nitro groups is 1. The second kappa shape index (κ2) is 7.73. The van der Waals surface area contributed by atoms with Crippen LogP contribution in [0.2, 0.25) is 0 Å². The molecule has 24 heavy (non-hydrogen) atoms. The van der Waals surface area contributed by atoms with Gasteiger partial charge in [0.2, 0.25) is 0 Å². The molecular weight excluding hydrogens is 312 g/mol. The first-order valence-electron chi connectivity index (χ1n) is 7.05. The molecule has 8 nitrogen and oxygen atoms in total. The maximum absolute atomic E-state index is 11.7. The lowest BCUT2D eigenvalue weighted by Crippen LogP contribution is -2.25. The monoisotopic (exact) mass is 328 g/mol. The normalized spacial score (nSPS) is 10.5. The molecule has 0 aliphatic carbocycles. The zero-order chi connectivity index (χ0) is 17.5. The summed E-state index contributed by atoms with van der Waals surface area (Å²) < 4.78 is 0. The molecule has 0 saturated heterocycles. The van der Waals surface area contributed by atoms with Gasteiger partial charge in [0.1, 0.15) is 5.75 Å². The van der Waals surface area contributed by atoms with Crippen LogP contribution in [0.15, 0.2) is 47.6 Å². The van der Waals surface area contributed by atoms with Crippen LogP contribution in [0.3, 0.4) is 0 Å². The number of hydrogen-bond acceptors (Lipinski definition) is 6. The van der Waals surface area contributed by atoms with Crippen molar-refractivity contribution in [3.8, 4) is 5.75 Å². The number of phenolic OH excluding ortho intramolecular Hbond substituents is 1. The zero-order valence-corrected chi connectivity index (χ0v) is 12.9. The van der Waals surface area contributed by atoms with E-state index in [4.69, 9.17) is 0 Å². The lowest BCUT2D eigenvalue weighted by Gasteiger charge is -2.05. The lowest BCUT2D eigenvalue weighted by atomic mass is 10.2. The van der Waals surface area contributed by atoms with E-state index >= 15 is 0 Å². The predicted molar refractivity (Wildman–Crippen MR) is 90.2 cm³/mol. The van der Waals surface area contributed by atoms with Crippen LogP contribution < -0.4 is 10.7 Å². The second-order valence-corrected chi connectivity index (χ2v) is 5.02. The number of carbonyl (C=O) groups is 1. The Morgan fingerprint density at radius 1 is 1.33 bits per heavy atom. The minimum absolute atomic E-state index is 0.00290. The van der Waals surface area contributed by atoms with E-state index in [0.717, 1.165) is 23.5 Å². The van der Waals surface area contributed by atoms with E-state index in [9.17, 15) is 20.0 Å². The Morgan fingerprint density at radius 2 is 2.12 bits per heavy atom. The summed E-state index contributed by atoms with van der Waals surface area (Å²) in [7, 11) is 0. The summed E-state index contributed by atoms with van der Waals surface area (Å²) in [6, 6.07) is 11.1. The molecule has 2 aromatic rings. The van der Waals surface area contributed by atoms with Gasteiger partial charge >= 0.3 is 0 Å². The average molecular weight is 328 g/mol. The van der Waals surface area contributed by atoms with E-state index < -0.39 is 10.8 Å². The van der Waals surface area contributed by atoms with Gasteiger partial charge in [0, 0.05) is 11.8 Å². The van der Waals surface area contributed by atoms with Crippen LogP contribution in [0, 0.1) is 17.0 Å². The Morgan fingerprint density at radius 3 is 2.83 bits per heavy atom. The molecule has 124 valence electrons. The van der Waals surface area contributed by atoms with E-state index in [-0.39, 0.29) is 23.5 Å². The number of hydrazone groups is 1. The fourth-order valence-electron chi connectivity index (χ4n) is 1.96. The number of nitrogens with one attached hydrogen (secondary N) is 2. The number of hydrogen-bond donors (Lipinski definition) is 3. The van der Waals surface area contributed by atoms with E-state index in [1.165, 1.54) is 12.1 Å². The summed E-state index contributed by atoms with van der Waals surface area (Å²) in [6.07, 6.45) is 1.11. The largest absolute Gasteiger partial charge is 0.508 e. The van der Waals surface area contributed by atoms with Gasteiger partial charge in [0.05, 0.1) is 23.2 Å². The van der Waals surface area contributed by atoms with Gasteiger partial charge in [0.25, 0.3) is 11.6 Å². The standard InChI is InChI=1S/C16H16N4O4/c1-11-3-2-4-13(7-11)17-10-16(22)19-18-9-12-8-14(21)5-6-15(12)20(23)24/h2-9,17,21H,10H2,1H3,(H,19,22)/b18-9+. The summed E-state index contributed by atoms with van der Waals surface area (Å²) in [5.74, 6) is -0.537. The van der Waals surface area contributed by atoms with Gasteiger partial charge in [-0.3, -0.25) is 14.9 Å². The molecule has 0 aromatic heterocycles. The maximum atomic E-state index is 11.7. The van der Waals surface area contributed by atoms with Crippen molar-refractivity contribution in [2.75, 3.05) is 11.9 Å². The van der Waals surface area contributed by atoms with Gasteiger partial charge < -0.3 is 10.4 Å². The number of carbonyl (C=O) groups excluding carboxylic acids is 1. The first kappa shape index (κ1) is 16.9. The summed E-state index contributed by atoms with van der Waals surface area (Å²) in [6.45, 7) is 1.95. The molecule has 2 aromatic carbocycles. The molecule has 0 spiro atoms. The van der Waals surface area contributed by atoms with Crippen molar-refractivity contribution >= 4 is 23.5 Å². The van der Waals surface area contributed by atoms with Crippen molar-refractivity contribution in [1.82, 2.24) is 5.43 Å². The highest BCUT2D eigenvalue weighted by atomic mass is 16.6. The van der Waals surface area contributed by atoms with Crippen LogP contribution in [0.25, 0.3) is 0 Å². The summed E-state index contributed by atoms with van der Waals surface area (Å²) >= 11 is 0. The van der Waals surface area contributed by atoms with Crippen molar-refractivity contribution in [2.24, 2.45) is 5.10 Å². The van der Waals surface area contributed by atoms with E-state index in [2.05, 4.69) is 15.8 Å². The number of rotatable bonds is 6. The highest BCUT2D eigenvalue weighted by Gasteiger charge is 2.12. The first-order valence-corrected chi connectivity index (χ1v) is 7.05. The summed E-state index contributed by atoms with van der Waals surface area (Å²) in [5.41, 5.74) is 4.00. The molecule has 0 heterocycles. The van der Waals surface area contributed by atoms with Gasteiger partial charge in [-0.15, -0.1) is 0 Å². The van der Waals surface area contributed by atoms with Gasteiger partial charge in [-0.05, 0) is 36.8 Å². The molecule has 0 atom stereocenters. The van der Waals surface area contributed by atoms with E-state index in [1.807, 2.05) is 31.2 Å². The van der Waals surface area contributed by atoms with Crippen molar-refractivity contribution in [3.05, 3.63) is 63.7 Å². The van der Waals surface area contributed by atoms with Gasteiger partial charge in [-0.25, -0.2) is 5.43 Å². The highest BCUT2D eigenvalue weighted by Crippen LogP contribution is 2.21. The fraction of sp³-hybridized carbons (Fsp3) is 0.125. The Labute approximate surface area is 138 Å². The topological polar surface area (TPSA) is 117 Å². The molecule has 0 aliphatic rings. The van der Waals surface area contributed by atoms with E-state index in [0.29, 0.717) is 0 Å². The van der Waals surface area contributed by atoms with Crippen molar-refractivity contribution < 1.29 is 14.8 Å². The number of nitrogens with zero attached hydrogens (tertiary/aromatic N) is 2. The molecule has 0 radical (unpaired) electrons. The van der Waals surface area contributed by atoms with Crippen LogP contribution >= 0.6 is 0 Å². The smallest absolute Gasteiger partial charge is 0.278 e. The van der Waals surface area contributed by atoms with Crippen LogP contribution in [-0.4, -0.2) is 28.7 Å². The van der Waals surface area contributed by atoms with Crippen LogP contribution in [0.5, 0.6) is 5.75 Å². The average Bonchev–Trinajstić information content (AvgIpc) is 2.53. The fourth-order valence-corrected chi connectivity index (χ4v) is 1.96. The van der Waals surface area contributed by atoms with Crippen LogP contribution in [0.1, 0.15) is 11.1 Å². The molecular formula is C16H16N4O4. The van der Waals surface area contributed by atoms with E-state index in [1.54, 1.807) is 0 Å². The van der Waals surface area contributed by atoms with Gasteiger partial charge in [0.15, 0.2) is 0 Å². The van der Waals surface area contributed by atoms with Gasteiger partial charge in [-0.1, -0.05) is 12.1 Å². The maximum Gasteiger partial charge on any atom is 0.278 e. The lowest BCUT2D eigenvalue weighted by molar-refractivity contribution is -0.385. The van der Waals surface area contributed by atoms with Crippen molar-refractivity contribution in [2.45, 2.75) is 6.92 Å². The van der Waals surface area contributed by atoms with Gasteiger partial charge in [-0.2, -0.15) is 5.10 Å². The quantitative estimate of drug-likeness (QED) is 0.427. The zero-order valence-electron chi connectivity index (χ0n) is 12.9. The highest BCUT2D eigenvalue weighted by molar-refractivity contribution is 5.88. The molecule has 0 bridgehead atoms. The van der Waals surface area contributed by atoms with Crippen molar-refractivity contribution in [1.29, 1.82) is 0 Å². The number of aryl methyl sites for hydroxylation is 1. The third-order valence-electron chi connectivity index (χ3n) is 3.07. The number of phenols is 1. The Hall–Kier alpha value is -3.42. The van der Waals surface area contributed by atoms with Crippen LogP contribution in [-0.2, 0) is 4.79 Å². The third-order valence-corrected chi connectivity index (χ3v) is 3.07. The number of benzene rings is 2. The minimum Gasteiger partial charge on any atom is -0.508 e. The second-order valence-electron chi connectivity index (χ2n) is 5.02. The molecule has 0 aliphatic heterocycles. The molecule has 8 heteroatoms. The molecule has 0 fully saturated rings. The third kappa shape index (κ3) is 4.80. The Bertz CT molecular complexity index is 789. The number of aromatic hydroxyl groups is 1. The molecule has 1 amide bonds. The molecule has 0 saturated carbocycles. The van der Waals surface area contributed by atoms with Crippen LogP contribution in [0.4, 0.5) is 11.4 Å². The SMILES string of the molecule is Cc1cccc(NCC(=O)N/N=C/c2cc(O)ccc2[N+](=O)[O-])c1. The number of anilines is 1. The molecule has 0 unspecified atom stereocenters. The number of amides is 1. The Kier molecular flexibility index (Phi) is 5.45. The summed E-state index contributed by atoms with van der Waals surface area (Å²) in [5, 5.41) is 26.9. The first-order chi connectivity index (χ1) is 11.5. The minimum atomic E-state index is -0.595. The molecule has 3 N–H and O–H groups in total. The van der Waals surface area contributed by atoms with Crippen molar-refractivity contribution in [3.63, 3.8) is 0 Å². The molecule has 2 rings (SSSR count).